The minimum atomic E-state index is -0.0574. The highest BCUT2D eigenvalue weighted by Gasteiger charge is 1.95. The number of ketones is 1. The normalized spacial score (nSPS) is 11.6. The first-order valence-corrected chi connectivity index (χ1v) is 2.47. The zero-order valence-electron chi connectivity index (χ0n) is 5.90. The highest BCUT2D eigenvalue weighted by Crippen LogP contribution is 1.97. The number of rotatable bonds is 2. The molecule has 0 heterocycles. The quantitative estimate of drug-likeness (QED) is 0.516. The van der Waals surface area contributed by atoms with Gasteiger partial charge in [0.2, 0.25) is 0 Å². The van der Waals surface area contributed by atoms with Crippen LogP contribution in [-0.4, -0.2) is 5.78 Å². The van der Waals surface area contributed by atoms with Crippen LogP contribution in [0.25, 0.3) is 0 Å². The summed E-state index contributed by atoms with van der Waals surface area (Å²) >= 11 is 0. The average Bonchev–Trinajstić information content (AvgIpc) is 1.65. The average molecular weight is 101 g/mol. The van der Waals surface area contributed by atoms with Gasteiger partial charge in [0.05, 0.1) is 0 Å². The van der Waals surface area contributed by atoms with Crippen LogP contribution in [0, 0.1) is 5.92 Å². The topological polar surface area (TPSA) is 17.1 Å². The van der Waals surface area contributed by atoms with E-state index in [0.29, 0.717) is 12.3 Å². The van der Waals surface area contributed by atoms with Crippen LogP contribution in [0.3, 0.4) is 0 Å². The molecule has 0 aromatic rings. The maximum Gasteiger partial charge on any atom is 0.130 e. The van der Waals surface area contributed by atoms with Crippen LogP contribution in [0.1, 0.15) is 28.5 Å². The Kier molecular flexibility index (Phi) is 1.91. The van der Waals surface area contributed by atoms with E-state index in [-0.39, 0.29) is 12.7 Å². The number of hydrogen-bond donors (Lipinski definition) is 0. The molecule has 0 atom stereocenters. The van der Waals surface area contributed by atoms with E-state index in [1.165, 1.54) is 0 Å². The molecule has 0 bridgehead atoms. The van der Waals surface area contributed by atoms with Gasteiger partial charge in [-0.25, -0.2) is 0 Å². The molecule has 0 saturated carbocycles. The van der Waals surface area contributed by atoms with Crippen LogP contribution in [0.15, 0.2) is 0 Å². The van der Waals surface area contributed by atoms with Crippen molar-refractivity contribution in [2.45, 2.75) is 27.2 Å². The van der Waals surface area contributed by atoms with Crippen molar-refractivity contribution in [2.24, 2.45) is 5.92 Å². The molecular weight excluding hydrogens is 88.1 g/mol. The summed E-state index contributed by atoms with van der Waals surface area (Å²) in [5.74, 6) is 0.452. The zero-order chi connectivity index (χ0) is 6.57. The molecule has 0 fully saturated rings. The van der Waals surface area contributed by atoms with E-state index in [9.17, 15) is 4.79 Å². The van der Waals surface area contributed by atoms with Crippen molar-refractivity contribution in [2.75, 3.05) is 0 Å². The molecular formula is C6H12O. The third kappa shape index (κ3) is 5.67. The summed E-state index contributed by atoms with van der Waals surface area (Å²) in [5.41, 5.74) is 0. The Balaban J connectivity index is 3.25. The fraction of sp³-hybridized carbons (Fsp3) is 0.833. The SMILES string of the molecule is [2H]CC(=O)CC(C)C. The molecule has 7 heavy (non-hydrogen) atoms. The smallest absolute Gasteiger partial charge is 0.130 e. The summed E-state index contributed by atoms with van der Waals surface area (Å²) in [5, 5.41) is 0. The lowest BCUT2D eigenvalue weighted by Crippen LogP contribution is -1.95. The van der Waals surface area contributed by atoms with Gasteiger partial charge in [-0.1, -0.05) is 13.8 Å². The van der Waals surface area contributed by atoms with E-state index in [2.05, 4.69) is 0 Å². The van der Waals surface area contributed by atoms with Crippen molar-refractivity contribution in [3.63, 3.8) is 0 Å². The van der Waals surface area contributed by atoms with Crippen molar-refractivity contribution in [3.05, 3.63) is 0 Å². The van der Waals surface area contributed by atoms with Gasteiger partial charge in [0.25, 0.3) is 0 Å². The summed E-state index contributed by atoms with van der Waals surface area (Å²) in [4.78, 5) is 10.4. The Morgan fingerprint density at radius 3 is 2.57 bits per heavy atom. The number of Topliss-reactive ketones (excluding diaryl/α,β-unsaturated/α-hetero) is 1. The molecule has 1 heteroatoms. The predicted octanol–water partition coefficient (Wildman–Crippen LogP) is 1.62. The molecule has 0 spiro atoms. The van der Waals surface area contributed by atoms with Crippen LogP contribution in [0.5, 0.6) is 0 Å². The Hall–Kier alpha value is -0.330. The van der Waals surface area contributed by atoms with Gasteiger partial charge in [0.1, 0.15) is 5.78 Å². The molecule has 0 aromatic carbocycles. The summed E-state index contributed by atoms with van der Waals surface area (Å²) in [6.45, 7) is 3.90. The van der Waals surface area contributed by atoms with E-state index in [0.717, 1.165) is 0 Å². The molecule has 0 aromatic heterocycles. The van der Waals surface area contributed by atoms with E-state index >= 15 is 0 Å². The zero-order valence-corrected chi connectivity index (χ0v) is 4.90. The van der Waals surface area contributed by atoms with Gasteiger partial charge < -0.3 is 4.79 Å². The van der Waals surface area contributed by atoms with Gasteiger partial charge in [0, 0.05) is 7.79 Å². The van der Waals surface area contributed by atoms with Gasteiger partial charge in [-0.15, -0.1) is 0 Å². The second-order valence-electron chi connectivity index (χ2n) is 2.14. The van der Waals surface area contributed by atoms with Gasteiger partial charge in [-0.05, 0) is 12.8 Å². The van der Waals surface area contributed by atoms with Crippen LogP contribution < -0.4 is 0 Å². The lowest BCUT2D eigenvalue weighted by atomic mass is 10.1. The van der Waals surface area contributed by atoms with Crippen molar-refractivity contribution in [1.82, 2.24) is 0 Å². The summed E-state index contributed by atoms with van der Waals surface area (Å²) in [6, 6.07) is 0. The first-order chi connectivity index (χ1) is 3.66. The fourth-order valence-electron chi connectivity index (χ4n) is 0.455. The highest BCUT2D eigenvalue weighted by molar-refractivity contribution is 5.75. The third-order valence-corrected chi connectivity index (χ3v) is 0.636. The van der Waals surface area contributed by atoms with Gasteiger partial charge >= 0.3 is 0 Å². The molecule has 1 nitrogen and oxygen atoms in total. The molecule has 0 aliphatic carbocycles. The minimum absolute atomic E-state index is 0.0417. The number of hydrogen-bond acceptors (Lipinski definition) is 1. The molecule has 0 amide bonds. The molecule has 0 rings (SSSR count). The van der Waals surface area contributed by atoms with Crippen LogP contribution >= 0.6 is 0 Å². The Labute approximate surface area is 46.1 Å². The van der Waals surface area contributed by atoms with Crippen molar-refractivity contribution >= 4 is 5.78 Å². The minimum Gasteiger partial charge on any atom is -0.300 e. The first kappa shape index (κ1) is 4.82. The van der Waals surface area contributed by atoms with Crippen LogP contribution in [0.2, 0.25) is 0 Å². The monoisotopic (exact) mass is 101 g/mol. The summed E-state index contributed by atoms with van der Waals surface area (Å²) in [7, 11) is 0. The van der Waals surface area contributed by atoms with Gasteiger partial charge in [-0.2, -0.15) is 0 Å². The maximum absolute atomic E-state index is 10.4. The van der Waals surface area contributed by atoms with Crippen molar-refractivity contribution < 1.29 is 6.17 Å². The first-order valence-electron chi connectivity index (χ1n) is 3.18. The second-order valence-corrected chi connectivity index (χ2v) is 2.14. The van der Waals surface area contributed by atoms with E-state index in [1.807, 2.05) is 13.8 Å². The fourth-order valence-corrected chi connectivity index (χ4v) is 0.455. The largest absolute Gasteiger partial charge is 0.300 e. The van der Waals surface area contributed by atoms with E-state index in [4.69, 9.17) is 1.37 Å². The lowest BCUT2D eigenvalue weighted by molar-refractivity contribution is -0.117. The Morgan fingerprint density at radius 2 is 2.43 bits per heavy atom. The number of carbonyl (C=O) groups excluding carboxylic acids is 1. The highest BCUT2D eigenvalue weighted by atomic mass is 16.1. The summed E-state index contributed by atoms with van der Waals surface area (Å²) in [6.07, 6.45) is 0.559. The Morgan fingerprint density at radius 1 is 1.86 bits per heavy atom. The lowest BCUT2D eigenvalue weighted by Gasteiger charge is -1.95. The molecule has 42 valence electrons. The molecule has 0 radical (unpaired) electrons. The standard InChI is InChI=1S/C6H12O/c1-5(2)4-6(3)7/h5H,4H2,1-3H3/i3D. The predicted molar refractivity (Wildman–Crippen MR) is 30.1 cm³/mol. The molecule has 0 aliphatic heterocycles. The molecule has 0 aliphatic rings. The van der Waals surface area contributed by atoms with Gasteiger partial charge in [0.15, 0.2) is 0 Å². The van der Waals surface area contributed by atoms with E-state index in [1.54, 1.807) is 0 Å². The van der Waals surface area contributed by atoms with Crippen LogP contribution in [-0.2, 0) is 4.79 Å². The molecule has 0 N–H and O–H groups in total. The Bertz CT molecular complexity index is 78.6. The maximum atomic E-state index is 10.4. The van der Waals surface area contributed by atoms with Crippen molar-refractivity contribution in [3.8, 4) is 0 Å². The molecule has 0 saturated heterocycles. The van der Waals surface area contributed by atoms with Crippen molar-refractivity contribution in [1.29, 1.82) is 0 Å². The van der Waals surface area contributed by atoms with Gasteiger partial charge in [-0.3, -0.25) is 0 Å². The molecule has 0 unspecified atom stereocenters. The van der Waals surface area contributed by atoms with Crippen LogP contribution in [0.4, 0.5) is 0 Å². The summed E-state index contributed by atoms with van der Waals surface area (Å²) < 4.78 is 6.65. The van der Waals surface area contributed by atoms with E-state index < -0.39 is 0 Å². The number of carbonyl (C=O) groups is 1. The third-order valence-electron chi connectivity index (χ3n) is 0.636. The second kappa shape index (κ2) is 2.78.